The maximum Gasteiger partial charge on any atom is 0.263 e. The van der Waals surface area contributed by atoms with Crippen molar-refractivity contribution in [1.29, 1.82) is 0 Å². The van der Waals surface area contributed by atoms with Crippen LogP contribution in [-0.4, -0.2) is 30.5 Å². The molecule has 2 aromatic heterocycles. The van der Waals surface area contributed by atoms with Crippen molar-refractivity contribution in [1.82, 2.24) is 10.3 Å². The van der Waals surface area contributed by atoms with Crippen molar-refractivity contribution in [2.24, 2.45) is 11.8 Å². The van der Waals surface area contributed by atoms with Crippen LogP contribution in [-0.2, 0) is 0 Å². The number of carbonyl (C=O) groups is 1. The lowest BCUT2D eigenvalue weighted by Crippen LogP contribution is -2.36. The number of amides is 1. The lowest BCUT2D eigenvalue weighted by molar-refractivity contribution is 0.0956. The molecule has 32 heavy (non-hydrogen) atoms. The normalized spacial score (nSPS) is 21.2. The Balaban J connectivity index is 1.25. The van der Waals surface area contributed by atoms with Crippen LogP contribution in [0.15, 0.2) is 30.3 Å². The van der Waals surface area contributed by atoms with E-state index in [1.54, 1.807) is 6.07 Å². The van der Waals surface area contributed by atoms with E-state index in [1.165, 1.54) is 30.6 Å². The molecule has 5 nitrogen and oxygen atoms in total. The molecule has 2 bridgehead atoms. The van der Waals surface area contributed by atoms with Crippen LogP contribution in [0, 0.1) is 24.6 Å². The fourth-order valence-electron chi connectivity index (χ4n) is 5.23. The maximum absolute atomic E-state index is 15.0. The minimum Gasteiger partial charge on any atom is -0.397 e. The maximum atomic E-state index is 15.0. The molecule has 1 saturated heterocycles. The molecule has 3 atom stereocenters. The van der Waals surface area contributed by atoms with E-state index >= 15 is 0 Å². The van der Waals surface area contributed by atoms with E-state index in [1.807, 2.05) is 38.1 Å². The number of piperidine rings is 1. The van der Waals surface area contributed by atoms with E-state index in [4.69, 9.17) is 5.73 Å². The predicted molar refractivity (Wildman–Crippen MR) is 129 cm³/mol. The number of pyridine rings is 1. The Labute approximate surface area is 191 Å². The molecule has 0 spiro atoms. The van der Waals surface area contributed by atoms with Crippen molar-refractivity contribution in [3.63, 3.8) is 0 Å². The number of nitrogens with zero attached hydrogens (tertiary/aromatic N) is 2. The van der Waals surface area contributed by atoms with Crippen LogP contribution in [0.5, 0.6) is 0 Å². The lowest BCUT2D eigenvalue weighted by Gasteiger charge is -2.34. The van der Waals surface area contributed by atoms with Gasteiger partial charge in [-0.15, -0.1) is 11.3 Å². The second kappa shape index (κ2) is 8.35. The molecule has 2 fully saturated rings. The number of thiophene rings is 1. The molecule has 1 aliphatic carbocycles. The summed E-state index contributed by atoms with van der Waals surface area (Å²) in [5, 5.41) is 3.72. The number of benzene rings is 1. The van der Waals surface area contributed by atoms with Crippen molar-refractivity contribution in [3.8, 4) is 0 Å². The molecule has 1 aliphatic heterocycles. The van der Waals surface area contributed by atoms with E-state index < -0.39 is 0 Å². The summed E-state index contributed by atoms with van der Waals surface area (Å²) in [7, 11) is 0. The average molecular weight is 453 g/mol. The molecule has 7 heteroatoms. The molecule has 1 saturated carbocycles. The molecule has 3 aromatic rings. The van der Waals surface area contributed by atoms with Gasteiger partial charge < -0.3 is 16.0 Å². The highest BCUT2D eigenvalue weighted by molar-refractivity contribution is 7.21. The van der Waals surface area contributed by atoms with E-state index in [0.717, 1.165) is 46.5 Å². The molecular formula is C25H29FN4OS. The average Bonchev–Trinajstić information content (AvgIpc) is 3.29. The van der Waals surface area contributed by atoms with Crippen LogP contribution >= 0.6 is 11.3 Å². The zero-order chi connectivity index (χ0) is 22.4. The van der Waals surface area contributed by atoms with Crippen molar-refractivity contribution in [2.75, 3.05) is 30.3 Å². The molecule has 5 rings (SSSR count). The molecule has 168 valence electrons. The highest BCUT2D eigenvalue weighted by Gasteiger charge is 2.33. The minimum absolute atomic E-state index is 0.151. The van der Waals surface area contributed by atoms with Crippen LogP contribution in [0.1, 0.15) is 53.0 Å². The van der Waals surface area contributed by atoms with Crippen LogP contribution in [0.3, 0.4) is 0 Å². The van der Waals surface area contributed by atoms with Crippen LogP contribution in [0.25, 0.3) is 10.2 Å². The Morgan fingerprint density at radius 1 is 1.28 bits per heavy atom. The molecule has 0 radical (unpaired) electrons. The van der Waals surface area contributed by atoms with Crippen molar-refractivity contribution < 1.29 is 9.18 Å². The highest BCUT2D eigenvalue weighted by atomic mass is 32.1. The Kier molecular flexibility index (Phi) is 5.53. The number of aromatic nitrogens is 1. The summed E-state index contributed by atoms with van der Waals surface area (Å²) in [6.45, 7) is 6.24. The molecule has 3 heterocycles. The number of nitrogen functional groups attached to an aromatic ring is 1. The number of aryl methyl sites for hydroxylation is 1. The topological polar surface area (TPSA) is 71.2 Å². The Morgan fingerprint density at radius 2 is 2.03 bits per heavy atom. The summed E-state index contributed by atoms with van der Waals surface area (Å²) >= 11 is 1.29. The summed E-state index contributed by atoms with van der Waals surface area (Å²) < 4.78 is 15.0. The second-order valence-electron chi connectivity index (χ2n) is 9.42. The fraction of sp³-hybridized carbons (Fsp3) is 0.440. The smallest absolute Gasteiger partial charge is 0.263 e. The Hall–Kier alpha value is -2.67. The minimum atomic E-state index is -0.240. The van der Waals surface area contributed by atoms with Gasteiger partial charge in [-0.2, -0.15) is 0 Å². The van der Waals surface area contributed by atoms with Gasteiger partial charge in [0.2, 0.25) is 0 Å². The first-order valence-electron chi connectivity index (χ1n) is 11.4. The second-order valence-corrected chi connectivity index (χ2v) is 10.4. The number of carbonyl (C=O) groups excluding carboxylic acids is 1. The van der Waals surface area contributed by atoms with E-state index in [9.17, 15) is 9.18 Å². The van der Waals surface area contributed by atoms with E-state index in [-0.39, 0.29) is 17.6 Å². The van der Waals surface area contributed by atoms with Crippen molar-refractivity contribution in [2.45, 2.75) is 39.0 Å². The Morgan fingerprint density at radius 3 is 2.75 bits per heavy atom. The molecule has 1 amide bonds. The SMILES string of the molecule is Cc1ccc2c(N)c(C(=O)NC[C@@H](C)c3ccc(N4CC5CCC(C5)C4)cc3F)sc2n1. The number of nitrogens with two attached hydrogens (primary N) is 1. The molecule has 3 N–H and O–H groups in total. The van der Waals surface area contributed by atoms with Gasteiger partial charge in [-0.3, -0.25) is 4.79 Å². The number of hydrogen-bond donors (Lipinski definition) is 2. The highest BCUT2D eigenvalue weighted by Crippen LogP contribution is 2.38. The first kappa shape index (κ1) is 21.2. The van der Waals surface area contributed by atoms with Gasteiger partial charge in [-0.05, 0) is 67.9 Å². The molecule has 1 aromatic carbocycles. The Bertz CT molecular complexity index is 1160. The number of nitrogens with one attached hydrogen (secondary N) is 1. The van der Waals surface area contributed by atoms with Crippen molar-refractivity contribution >= 4 is 38.8 Å². The number of hydrogen-bond acceptors (Lipinski definition) is 5. The van der Waals surface area contributed by atoms with Gasteiger partial charge in [0.25, 0.3) is 5.91 Å². The first-order chi connectivity index (χ1) is 15.4. The summed E-state index contributed by atoms with van der Waals surface area (Å²) in [6, 6.07) is 9.35. The predicted octanol–water partition coefficient (Wildman–Crippen LogP) is 5.10. The lowest BCUT2D eigenvalue weighted by atomic mass is 9.96. The number of halogens is 1. The monoisotopic (exact) mass is 452 g/mol. The standard InChI is InChI=1S/C25H29FN4OS/c1-14(11-28-24(31)23-22(27)20-7-3-15(2)29-25(20)32-23)19-8-6-18(10-21(19)26)30-12-16-4-5-17(9-16)13-30/h3,6-8,10,14,16-17H,4-5,9,11-13,27H2,1-2H3,(H,28,31)/t14-,16?,17?/m1/s1. The van der Waals surface area contributed by atoms with Crippen LogP contribution in [0.2, 0.25) is 0 Å². The van der Waals surface area contributed by atoms with Crippen molar-refractivity contribution in [3.05, 3.63) is 52.3 Å². The number of rotatable bonds is 5. The van der Waals surface area contributed by atoms with Gasteiger partial charge in [0.05, 0.1) is 5.69 Å². The molecule has 2 unspecified atom stereocenters. The first-order valence-corrected chi connectivity index (χ1v) is 12.2. The summed E-state index contributed by atoms with van der Waals surface area (Å²) in [4.78, 5) is 20.8. The third-order valence-electron chi connectivity index (χ3n) is 7.00. The third kappa shape index (κ3) is 3.94. The summed E-state index contributed by atoms with van der Waals surface area (Å²) in [5.74, 6) is 0.915. The van der Waals surface area contributed by atoms with E-state index in [2.05, 4.69) is 15.2 Å². The van der Waals surface area contributed by atoms with Gasteiger partial charge in [0.1, 0.15) is 15.5 Å². The zero-order valence-corrected chi connectivity index (χ0v) is 19.3. The van der Waals surface area contributed by atoms with Gasteiger partial charge in [-0.25, -0.2) is 9.37 Å². The van der Waals surface area contributed by atoms with Crippen LogP contribution < -0.4 is 16.0 Å². The summed E-state index contributed by atoms with van der Waals surface area (Å²) in [6.07, 6.45) is 3.94. The molecular weight excluding hydrogens is 423 g/mol. The summed E-state index contributed by atoms with van der Waals surface area (Å²) in [5.41, 5.74) is 9.12. The number of fused-ring (bicyclic) bond motifs is 3. The van der Waals surface area contributed by atoms with Gasteiger partial charge in [0, 0.05) is 42.3 Å². The van der Waals surface area contributed by atoms with E-state index in [0.29, 0.717) is 22.7 Å². The fourth-order valence-corrected chi connectivity index (χ4v) is 6.28. The zero-order valence-electron chi connectivity index (χ0n) is 18.5. The third-order valence-corrected chi connectivity index (χ3v) is 8.11. The van der Waals surface area contributed by atoms with Gasteiger partial charge in [0.15, 0.2) is 0 Å². The quantitative estimate of drug-likeness (QED) is 0.565. The molecule has 2 aliphatic rings. The number of anilines is 2. The van der Waals surface area contributed by atoms with Crippen LogP contribution in [0.4, 0.5) is 15.8 Å². The van der Waals surface area contributed by atoms with Gasteiger partial charge >= 0.3 is 0 Å². The largest absolute Gasteiger partial charge is 0.397 e. The van der Waals surface area contributed by atoms with Gasteiger partial charge in [-0.1, -0.05) is 13.0 Å².